The number of hydrogen-bond donors (Lipinski definition) is 3. The van der Waals surface area contributed by atoms with Gasteiger partial charge in [-0.25, -0.2) is 4.79 Å². The Bertz CT molecular complexity index is 2240. The molecule has 1 saturated heterocycles. The third kappa shape index (κ3) is 10.1. The van der Waals surface area contributed by atoms with Gasteiger partial charge in [0, 0.05) is 68.3 Å². The van der Waals surface area contributed by atoms with Crippen LogP contribution in [0.15, 0.2) is 42.5 Å². The number of esters is 1. The number of fused-ring (bicyclic) bond motifs is 4. The summed E-state index contributed by atoms with van der Waals surface area (Å²) in [7, 11) is 5.96. The number of carbonyl (C=O) groups excluding carboxylic acids is 4. The predicted molar refractivity (Wildman–Crippen MR) is 228 cm³/mol. The second-order valence-electron chi connectivity index (χ2n) is 16.3. The molecule has 330 valence electrons. The van der Waals surface area contributed by atoms with Crippen LogP contribution in [0.1, 0.15) is 62.0 Å². The first-order valence-electron chi connectivity index (χ1n) is 20.2. The number of anilines is 1. The maximum absolute atomic E-state index is 14.4. The van der Waals surface area contributed by atoms with Crippen LogP contribution in [0.4, 0.5) is 10.5 Å². The molecule has 61 heavy (non-hydrogen) atoms. The molecule has 0 saturated carbocycles. The zero-order valence-corrected chi connectivity index (χ0v) is 36.4. The number of aliphatic hydroxyl groups is 1. The van der Waals surface area contributed by atoms with E-state index in [1.54, 1.807) is 28.0 Å². The first kappa shape index (κ1) is 45.2. The Morgan fingerprint density at radius 1 is 0.967 bits per heavy atom. The minimum atomic E-state index is -0.877. The van der Waals surface area contributed by atoms with Crippen molar-refractivity contribution in [2.24, 2.45) is 11.3 Å². The number of rotatable bonds is 17. The van der Waals surface area contributed by atoms with E-state index in [-0.39, 0.29) is 67.5 Å². The summed E-state index contributed by atoms with van der Waals surface area (Å²) in [5.41, 5.74) is 2.23. The van der Waals surface area contributed by atoms with Crippen LogP contribution in [0.25, 0.3) is 21.7 Å². The van der Waals surface area contributed by atoms with Crippen LogP contribution in [-0.4, -0.2) is 125 Å². The number of alkyl halides is 1. The van der Waals surface area contributed by atoms with Gasteiger partial charge in [0.1, 0.15) is 18.1 Å². The summed E-state index contributed by atoms with van der Waals surface area (Å²) < 4.78 is 39.1. The largest absolute Gasteiger partial charge is 0.493 e. The minimum absolute atomic E-state index is 0.00938. The lowest BCUT2D eigenvalue weighted by Gasteiger charge is -2.27. The number of nitrogens with zero attached hydrogens (tertiary/aromatic N) is 2. The minimum Gasteiger partial charge on any atom is -0.493 e. The number of carbonyl (C=O) groups is 4. The number of likely N-dealkylation sites (tertiary alicyclic amines) is 1. The normalized spacial score (nSPS) is 17.3. The van der Waals surface area contributed by atoms with Crippen molar-refractivity contribution in [1.29, 1.82) is 0 Å². The Kier molecular flexibility index (Phi) is 14.5. The van der Waals surface area contributed by atoms with E-state index in [9.17, 15) is 24.3 Å². The van der Waals surface area contributed by atoms with Gasteiger partial charge < -0.3 is 58.4 Å². The van der Waals surface area contributed by atoms with E-state index in [0.717, 1.165) is 10.9 Å². The van der Waals surface area contributed by atoms with E-state index in [4.69, 9.17) is 44.8 Å². The number of H-pyrrole nitrogens is 1. The summed E-state index contributed by atoms with van der Waals surface area (Å²) in [5, 5.41) is 14.4. The predicted octanol–water partition coefficient (Wildman–Crippen LogP) is 5.99. The molecule has 1 aromatic heterocycles. The molecule has 17 heteroatoms. The number of benzene rings is 3. The van der Waals surface area contributed by atoms with Gasteiger partial charge in [-0.05, 0) is 41.3 Å². The molecule has 1 fully saturated rings. The number of aromatic nitrogens is 1. The lowest BCUT2D eigenvalue weighted by molar-refractivity contribution is -0.187. The zero-order chi connectivity index (χ0) is 44.0. The third-order valence-corrected chi connectivity index (χ3v) is 11.3. The van der Waals surface area contributed by atoms with Gasteiger partial charge in [-0.2, -0.15) is 0 Å². The summed E-state index contributed by atoms with van der Waals surface area (Å²) >= 11 is 6.53. The van der Waals surface area contributed by atoms with Crippen LogP contribution in [-0.2, 0) is 23.8 Å². The fourth-order valence-corrected chi connectivity index (χ4v) is 8.28. The average molecular weight is 867 g/mol. The Hall–Kier alpha value is -5.29. The number of ether oxygens (including phenoxy) is 7. The van der Waals surface area contributed by atoms with Crippen LogP contribution in [0, 0.1) is 11.3 Å². The van der Waals surface area contributed by atoms with Gasteiger partial charge in [0.2, 0.25) is 11.7 Å². The number of nitrogens with one attached hydrogen (secondary N) is 2. The van der Waals surface area contributed by atoms with Crippen molar-refractivity contribution < 1.29 is 57.4 Å². The molecule has 4 atom stereocenters. The molecule has 4 aromatic rings. The first-order chi connectivity index (χ1) is 29.2. The number of hydrogen-bond acceptors (Lipinski definition) is 12. The van der Waals surface area contributed by atoms with E-state index in [0.29, 0.717) is 70.9 Å². The third-order valence-electron chi connectivity index (χ3n) is 10.9. The van der Waals surface area contributed by atoms with Crippen molar-refractivity contribution in [2.45, 2.75) is 58.3 Å². The lowest BCUT2D eigenvalue weighted by Crippen LogP contribution is -2.36. The number of methoxy groups -OCH3 is 4. The Morgan fingerprint density at radius 2 is 1.70 bits per heavy atom. The van der Waals surface area contributed by atoms with Crippen LogP contribution < -0.4 is 29.2 Å². The quantitative estimate of drug-likeness (QED) is 0.0488. The van der Waals surface area contributed by atoms with Gasteiger partial charge in [0.05, 0.1) is 51.2 Å². The van der Waals surface area contributed by atoms with Gasteiger partial charge in [0.25, 0.3) is 5.91 Å². The second-order valence-corrected chi connectivity index (χ2v) is 16.6. The molecule has 2 aliphatic rings. The molecule has 0 radical (unpaired) electrons. The second kappa shape index (κ2) is 19.6. The molecule has 0 spiro atoms. The summed E-state index contributed by atoms with van der Waals surface area (Å²) in [4.78, 5) is 60.0. The number of alkyl carbamates (subject to hydrolysis) is 1. The number of aromatic amines is 1. The molecule has 3 heterocycles. The molecular weight excluding hydrogens is 812 g/mol. The molecule has 6 rings (SSSR count). The lowest BCUT2D eigenvalue weighted by atomic mass is 9.89. The van der Waals surface area contributed by atoms with Crippen LogP contribution in [0.5, 0.6) is 23.0 Å². The SMILES string of the molecule is COc1cc2cc(C(=O)N3C[C@@H](CCl)c4c3cc(OC(=O)C3CCN(C(=O)CCNC(=O)OCC(OC)OC(CO)CC(C)(C)C)C3)c3ccccc43)[nH]c2c(OC)c1OC. The van der Waals surface area contributed by atoms with E-state index < -0.39 is 30.4 Å². The highest BCUT2D eigenvalue weighted by Crippen LogP contribution is 2.47. The topological polar surface area (TPSA) is 187 Å². The van der Waals surface area contributed by atoms with Crippen molar-refractivity contribution in [3.05, 3.63) is 53.7 Å². The maximum atomic E-state index is 14.4. The fourth-order valence-electron chi connectivity index (χ4n) is 8.03. The fraction of sp³-hybridized carbons (Fsp3) is 0.500. The number of aliphatic hydroxyl groups excluding tert-OH is 1. The van der Waals surface area contributed by atoms with Gasteiger partial charge in [-0.1, -0.05) is 45.0 Å². The van der Waals surface area contributed by atoms with E-state index in [1.807, 2.05) is 45.0 Å². The first-order valence-corrected chi connectivity index (χ1v) is 20.7. The standard InChI is InChI=1S/C44H55ClN4O12/c1-44(2,3)19-28(23-50)60-36(56-5)24-59-43(54)46-14-12-35(51)48-15-13-25(21-48)42(53)61-33-18-32-37(30-11-9-8-10-29(30)33)27(20-45)22-49(32)41(52)31-16-26-17-34(55-4)39(57-6)40(58-7)38(26)47-31/h8-11,16-18,25,27-28,36,47,50H,12-15,19-24H2,1-7H3,(H,46,54)/t25?,27-,28?,36?/m1/s1. The zero-order valence-electron chi connectivity index (χ0n) is 35.6. The molecule has 0 aliphatic carbocycles. The summed E-state index contributed by atoms with van der Waals surface area (Å²) in [6.45, 7) is 6.46. The highest BCUT2D eigenvalue weighted by molar-refractivity contribution is 6.19. The maximum Gasteiger partial charge on any atom is 0.407 e. The highest BCUT2D eigenvalue weighted by atomic mass is 35.5. The molecule has 3 amide bonds. The van der Waals surface area contributed by atoms with Gasteiger partial charge >= 0.3 is 12.1 Å². The van der Waals surface area contributed by atoms with E-state index in [1.165, 1.54) is 28.4 Å². The molecule has 3 aromatic carbocycles. The van der Waals surface area contributed by atoms with E-state index in [2.05, 4.69) is 10.3 Å². The molecule has 3 N–H and O–H groups in total. The Morgan fingerprint density at radius 3 is 2.36 bits per heavy atom. The smallest absolute Gasteiger partial charge is 0.407 e. The molecule has 2 aliphatic heterocycles. The molecule has 0 bridgehead atoms. The summed E-state index contributed by atoms with van der Waals surface area (Å²) in [6.07, 6.45) is -1.16. The van der Waals surface area contributed by atoms with Crippen molar-refractivity contribution in [3.8, 4) is 23.0 Å². The van der Waals surface area contributed by atoms with Crippen LogP contribution in [0.3, 0.4) is 0 Å². The monoisotopic (exact) mass is 866 g/mol. The summed E-state index contributed by atoms with van der Waals surface area (Å²) in [6, 6.07) is 12.7. The van der Waals surface area contributed by atoms with Gasteiger partial charge in [-0.15, -0.1) is 11.6 Å². The Labute approximate surface area is 359 Å². The molecule has 16 nitrogen and oxygen atoms in total. The Balaban J connectivity index is 1.10. The van der Waals surface area contributed by atoms with Crippen LogP contribution in [0.2, 0.25) is 0 Å². The van der Waals surface area contributed by atoms with Crippen molar-refractivity contribution >= 4 is 62.8 Å². The van der Waals surface area contributed by atoms with Crippen molar-refractivity contribution in [1.82, 2.24) is 15.2 Å². The summed E-state index contributed by atoms with van der Waals surface area (Å²) in [5.74, 6) is -0.0758. The highest BCUT2D eigenvalue weighted by Gasteiger charge is 2.38. The number of halogens is 1. The van der Waals surface area contributed by atoms with Crippen molar-refractivity contribution in [2.75, 3.05) is 78.6 Å². The van der Waals surface area contributed by atoms with Crippen LogP contribution >= 0.6 is 11.6 Å². The van der Waals surface area contributed by atoms with Crippen molar-refractivity contribution in [3.63, 3.8) is 0 Å². The molecule has 3 unspecified atom stereocenters. The van der Waals surface area contributed by atoms with E-state index >= 15 is 0 Å². The molecular formula is C44H55ClN4O12. The average Bonchev–Trinajstić information content (AvgIpc) is 4.01. The van der Waals surface area contributed by atoms with Gasteiger partial charge in [-0.3, -0.25) is 14.4 Å². The number of amides is 3. The van der Waals surface area contributed by atoms with Gasteiger partial charge in [0.15, 0.2) is 17.8 Å².